The number of hydrogen-bond acceptors (Lipinski definition) is 4. The van der Waals surface area contributed by atoms with Crippen molar-refractivity contribution >= 4 is 31.9 Å². The van der Waals surface area contributed by atoms with Gasteiger partial charge >= 0.3 is 0 Å². The molecule has 4 nitrogen and oxygen atoms in total. The molecule has 0 radical (unpaired) electrons. The number of fused-ring (bicyclic) bond motifs is 7. The Balaban J connectivity index is 1.34. The van der Waals surface area contributed by atoms with Gasteiger partial charge in [-0.25, -0.2) is 0 Å². The highest BCUT2D eigenvalue weighted by Crippen LogP contribution is 2.72. The molecule has 6 rings (SSSR count). The molecule has 2 aliphatic heterocycles. The molecule has 15 atom stereocenters. The minimum absolute atomic E-state index is 0.0985. The zero-order chi connectivity index (χ0) is 23.5. The number of hydrogen-bond donors (Lipinski definition) is 2. The van der Waals surface area contributed by atoms with Gasteiger partial charge in [-0.15, -0.1) is 0 Å². The fraction of sp³-hybridized carbons (Fsp3) is 1.00. The fourth-order valence-electron chi connectivity index (χ4n) is 10.3. The molecule has 2 heterocycles. The van der Waals surface area contributed by atoms with Crippen LogP contribution in [0.4, 0.5) is 0 Å². The second kappa shape index (κ2) is 7.90. The van der Waals surface area contributed by atoms with Crippen LogP contribution < -0.4 is 0 Å². The van der Waals surface area contributed by atoms with Crippen LogP contribution in [0, 0.1) is 52.3 Å². The Bertz CT molecular complexity index is 796. The van der Waals surface area contributed by atoms with E-state index < -0.39 is 11.9 Å². The maximum absolute atomic E-state index is 12.1. The number of rotatable bonds is 0. The van der Waals surface area contributed by atoms with Crippen LogP contribution in [0.15, 0.2) is 0 Å². The summed E-state index contributed by atoms with van der Waals surface area (Å²) in [5, 5.41) is 22.4. The zero-order valence-electron chi connectivity index (χ0n) is 20.6. The standard InChI is InChI=1S/C27H42Br2O4/c1-13-9-20(28)27(32-12-13)14(2)21-19(33-27)11-18-17-6-5-15-10-16(30)7-8-25(15,3)22(17)23(29)24(31)26(18,21)4/h13-24,30-31H,5-12H2,1-4H3/t13?,14-,15?,16?,17-,18-,19-,20?,21-,22+,23?,24?,25-,26-,27-/m0/s1. The summed E-state index contributed by atoms with van der Waals surface area (Å²) in [4.78, 5) is 0.300. The third-order valence-corrected chi connectivity index (χ3v) is 14.0. The largest absolute Gasteiger partial charge is 0.393 e. The van der Waals surface area contributed by atoms with Crippen LogP contribution in [0.25, 0.3) is 0 Å². The van der Waals surface area contributed by atoms with Gasteiger partial charge < -0.3 is 19.7 Å². The Morgan fingerprint density at radius 3 is 2.42 bits per heavy atom. The van der Waals surface area contributed by atoms with Crippen LogP contribution in [0.3, 0.4) is 0 Å². The van der Waals surface area contributed by atoms with Gasteiger partial charge in [-0.2, -0.15) is 0 Å². The van der Waals surface area contributed by atoms with Gasteiger partial charge in [0, 0.05) is 22.1 Å². The van der Waals surface area contributed by atoms with Crippen molar-refractivity contribution in [3.8, 4) is 0 Å². The summed E-state index contributed by atoms with van der Waals surface area (Å²) in [5.74, 6) is 2.68. The van der Waals surface area contributed by atoms with Crippen molar-refractivity contribution in [2.45, 2.75) is 106 Å². The van der Waals surface area contributed by atoms with E-state index in [9.17, 15) is 10.2 Å². The molecule has 4 aliphatic carbocycles. The van der Waals surface area contributed by atoms with Gasteiger partial charge in [-0.1, -0.05) is 59.6 Å². The third kappa shape index (κ3) is 3.06. The predicted molar refractivity (Wildman–Crippen MR) is 135 cm³/mol. The van der Waals surface area contributed by atoms with E-state index in [1.165, 1.54) is 12.8 Å². The molecular weight excluding hydrogens is 548 g/mol. The highest BCUT2D eigenvalue weighted by Gasteiger charge is 2.74. The quantitative estimate of drug-likeness (QED) is 0.366. The summed E-state index contributed by atoms with van der Waals surface area (Å²) >= 11 is 8.07. The minimum atomic E-state index is -0.558. The Morgan fingerprint density at radius 1 is 0.939 bits per heavy atom. The van der Waals surface area contributed by atoms with Crippen LogP contribution in [0.2, 0.25) is 0 Å². The molecule has 6 fully saturated rings. The van der Waals surface area contributed by atoms with Gasteiger partial charge in [0.15, 0.2) is 5.79 Å². The second-order valence-corrected chi connectivity index (χ2v) is 15.5. The Labute approximate surface area is 216 Å². The topological polar surface area (TPSA) is 58.9 Å². The second-order valence-electron chi connectivity index (χ2n) is 13.3. The lowest BCUT2D eigenvalue weighted by Crippen LogP contribution is -2.64. The Kier molecular flexibility index (Phi) is 5.78. The van der Waals surface area contributed by atoms with Crippen LogP contribution in [0.5, 0.6) is 0 Å². The van der Waals surface area contributed by atoms with Gasteiger partial charge in [-0.3, -0.25) is 0 Å². The van der Waals surface area contributed by atoms with Crippen LogP contribution in [-0.4, -0.2) is 50.6 Å². The maximum Gasteiger partial charge on any atom is 0.184 e. The van der Waals surface area contributed by atoms with Gasteiger partial charge in [-0.05, 0) is 80.0 Å². The van der Waals surface area contributed by atoms with E-state index in [0.717, 1.165) is 38.7 Å². The van der Waals surface area contributed by atoms with Gasteiger partial charge in [0.05, 0.1) is 29.7 Å². The lowest BCUT2D eigenvalue weighted by Gasteiger charge is -2.64. The normalized spacial score (nSPS) is 64.7. The molecule has 188 valence electrons. The van der Waals surface area contributed by atoms with Crippen molar-refractivity contribution in [1.82, 2.24) is 0 Å². The first-order chi connectivity index (χ1) is 15.5. The smallest absolute Gasteiger partial charge is 0.184 e. The summed E-state index contributed by atoms with van der Waals surface area (Å²) in [7, 11) is 0. The first kappa shape index (κ1) is 24.2. The van der Waals surface area contributed by atoms with Crippen molar-refractivity contribution in [1.29, 1.82) is 0 Å². The molecular formula is C27H42Br2O4. The summed E-state index contributed by atoms with van der Waals surface area (Å²) in [6, 6.07) is 0. The zero-order valence-corrected chi connectivity index (χ0v) is 23.7. The van der Waals surface area contributed by atoms with E-state index in [1.54, 1.807) is 0 Å². The SMILES string of the molecule is CC1CO[C@@]2(O[C@H]3C[C@H]4[C@@H]5CCC6CC(O)CC[C@]6(C)[C@H]5C(Br)C(O)[C@]4(C)[C@H]3[C@@H]2C)C(Br)C1. The van der Waals surface area contributed by atoms with E-state index >= 15 is 0 Å². The van der Waals surface area contributed by atoms with E-state index in [2.05, 4.69) is 59.6 Å². The minimum Gasteiger partial charge on any atom is -0.393 e. The number of alkyl halides is 2. The molecule has 6 unspecified atom stereocenters. The van der Waals surface area contributed by atoms with Crippen molar-refractivity contribution < 1.29 is 19.7 Å². The van der Waals surface area contributed by atoms with E-state index in [-0.39, 0.29) is 38.6 Å². The molecule has 0 amide bonds. The number of aliphatic hydroxyl groups excluding tert-OH is 2. The van der Waals surface area contributed by atoms with Crippen LogP contribution in [-0.2, 0) is 9.47 Å². The molecule has 6 heteroatoms. The summed E-state index contributed by atoms with van der Waals surface area (Å²) < 4.78 is 13.4. The molecule has 2 saturated heterocycles. The third-order valence-electron chi connectivity index (χ3n) is 11.9. The Morgan fingerprint density at radius 2 is 1.70 bits per heavy atom. The first-order valence-corrected chi connectivity index (χ1v) is 15.3. The number of ether oxygens (including phenoxy) is 2. The van der Waals surface area contributed by atoms with E-state index in [0.29, 0.717) is 35.5 Å². The molecule has 1 spiro atoms. The van der Waals surface area contributed by atoms with Crippen molar-refractivity contribution in [3.63, 3.8) is 0 Å². The maximum atomic E-state index is 12.1. The van der Waals surface area contributed by atoms with E-state index in [4.69, 9.17) is 9.47 Å². The highest BCUT2D eigenvalue weighted by atomic mass is 79.9. The van der Waals surface area contributed by atoms with E-state index in [1.807, 2.05) is 0 Å². The molecule has 0 aromatic heterocycles. The van der Waals surface area contributed by atoms with Crippen molar-refractivity contribution in [2.24, 2.45) is 52.3 Å². The molecule has 6 aliphatic rings. The molecule has 0 aromatic carbocycles. The summed E-state index contributed by atoms with van der Waals surface area (Å²) in [6.07, 6.45) is 7.12. The Hall–Kier alpha value is 0.800. The molecule has 2 N–H and O–H groups in total. The van der Waals surface area contributed by atoms with Gasteiger partial charge in [0.25, 0.3) is 0 Å². The monoisotopic (exact) mass is 588 g/mol. The molecule has 0 bridgehead atoms. The van der Waals surface area contributed by atoms with Crippen molar-refractivity contribution in [3.05, 3.63) is 0 Å². The first-order valence-electron chi connectivity index (χ1n) is 13.5. The molecule has 4 saturated carbocycles. The fourth-order valence-corrected chi connectivity index (χ4v) is 13.2. The predicted octanol–water partition coefficient (Wildman–Crippen LogP) is 5.51. The molecule has 0 aromatic rings. The number of aliphatic hydroxyl groups is 2. The lowest BCUT2D eigenvalue weighted by atomic mass is 9.43. The average molecular weight is 590 g/mol. The number of halogens is 2. The lowest BCUT2D eigenvalue weighted by molar-refractivity contribution is -0.268. The summed E-state index contributed by atoms with van der Waals surface area (Å²) in [5.41, 5.74) is 0.0348. The van der Waals surface area contributed by atoms with Gasteiger partial charge in [0.2, 0.25) is 0 Å². The molecule has 33 heavy (non-hydrogen) atoms. The summed E-state index contributed by atoms with van der Waals surface area (Å²) in [6.45, 7) is 10.2. The van der Waals surface area contributed by atoms with Crippen molar-refractivity contribution in [2.75, 3.05) is 6.61 Å². The van der Waals surface area contributed by atoms with Crippen LogP contribution >= 0.6 is 31.9 Å². The van der Waals surface area contributed by atoms with Gasteiger partial charge in [0.1, 0.15) is 0 Å². The van der Waals surface area contributed by atoms with Crippen LogP contribution in [0.1, 0.15) is 72.6 Å². The average Bonchev–Trinajstić information content (AvgIpc) is 3.22. The highest BCUT2D eigenvalue weighted by molar-refractivity contribution is 9.09.